The average molecular weight is 548 g/mol. The molecule has 2 amide bonds. The van der Waals surface area contributed by atoms with Gasteiger partial charge in [0.05, 0.1) is 30.3 Å². The van der Waals surface area contributed by atoms with E-state index in [2.05, 4.69) is 10.6 Å². The van der Waals surface area contributed by atoms with Gasteiger partial charge >= 0.3 is 6.09 Å². The molecule has 208 valence electrons. The van der Waals surface area contributed by atoms with Crippen molar-refractivity contribution < 1.29 is 32.6 Å². The number of benzene rings is 2. The molecule has 1 unspecified atom stereocenters. The summed E-state index contributed by atoms with van der Waals surface area (Å²) in [6, 6.07) is 14.5. The Kier molecular flexibility index (Phi) is 10.7. The predicted octanol–water partition coefficient (Wildman–Crippen LogP) is 2.78. The topological polar surface area (TPSA) is 134 Å². The first-order valence-electron chi connectivity index (χ1n) is 12.7. The van der Waals surface area contributed by atoms with E-state index < -0.39 is 28.3 Å². The third-order valence-electron chi connectivity index (χ3n) is 5.98. The van der Waals surface area contributed by atoms with Gasteiger partial charge in [-0.05, 0) is 36.1 Å². The molecule has 1 aliphatic heterocycles. The van der Waals surface area contributed by atoms with Crippen molar-refractivity contribution in [2.45, 2.75) is 56.8 Å². The van der Waals surface area contributed by atoms with Gasteiger partial charge in [0.15, 0.2) is 0 Å². The van der Waals surface area contributed by atoms with Crippen LogP contribution in [0.15, 0.2) is 59.5 Å². The highest BCUT2D eigenvalue weighted by atomic mass is 32.2. The number of aliphatic hydroxyl groups is 1. The van der Waals surface area contributed by atoms with Gasteiger partial charge in [0.1, 0.15) is 6.10 Å². The summed E-state index contributed by atoms with van der Waals surface area (Å²) in [5, 5.41) is 16.6. The number of hydrogen-bond donors (Lipinski definition) is 3. The van der Waals surface area contributed by atoms with Crippen LogP contribution in [0.1, 0.15) is 32.8 Å². The number of carbonyl (C=O) groups is 2. The number of amides is 2. The molecule has 0 saturated carbocycles. The second kappa shape index (κ2) is 13.7. The first-order chi connectivity index (χ1) is 18.0. The summed E-state index contributed by atoms with van der Waals surface area (Å²) in [4.78, 5) is 24.1. The molecule has 2 aromatic rings. The van der Waals surface area contributed by atoms with Gasteiger partial charge in [0.2, 0.25) is 15.9 Å². The predicted molar refractivity (Wildman–Crippen MR) is 143 cm³/mol. The van der Waals surface area contributed by atoms with E-state index in [-0.39, 0.29) is 42.3 Å². The monoisotopic (exact) mass is 547 g/mol. The van der Waals surface area contributed by atoms with Gasteiger partial charge in [-0.15, -0.1) is 0 Å². The fraction of sp³-hybridized carbons (Fsp3) is 0.481. The molecule has 38 heavy (non-hydrogen) atoms. The SMILES string of the molecule is CC(=O)Nc1cccc(S(=O)(=O)N(CC(C)C)C[C@@H](O)[C@H](Cc2ccccc2)NC(=O)OC2CCOC2)c1. The van der Waals surface area contributed by atoms with Crippen molar-refractivity contribution in [2.75, 3.05) is 31.6 Å². The van der Waals surface area contributed by atoms with E-state index in [9.17, 15) is 23.1 Å². The zero-order valence-corrected chi connectivity index (χ0v) is 22.8. The number of sulfonamides is 1. The van der Waals surface area contributed by atoms with Crippen molar-refractivity contribution >= 4 is 27.7 Å². The van der Waals surface area contributed by atoms with Crippen LogP contribution in [0, 0.1) is 5.92 Å². The molecule has 0 bridgehead atoms. The lowest BCUT2D eigenvalue weighted by atomic mass is 10.0. The van der Waals surface area contributed by atoms with E-state index in [1.54, 1.807) is 12.1 Å². The molecule has 2 aromatic carbocycles. The van der Waals surface area contributed by atoms with E-state index in [0.29, 0.717) is 25.3 Å². The van der Waals surface area contributed by atoms with Gasteiger partial charge in [0, 0.05) is 32.1 Å². The number of ether oxygens (including phenoxy) is 2. The fourth-order valence-electron chi connectivity index (χ4n) is 4.19. The zero-order chi connectivity index (χ0) is 27.7. The second-order valence-corrected chi connectivity index (χ2v) is 11.8. The van der Waals surface area contributed by atoms with E-state index in [1.807, 2.05) is 44.2 Å². The van der Waals surface area contributed by atoms with Crippen molar-refractivity contribution in [1.82, 2.24) is 9.62 Å². The van der Waals surface area contributed by atoms with E-state index >= 15 is 0 Å². The van der Waals surface area contributed by atoms with Crippen LogP contribution in [-0.4, -0.2) is 74.4 Å². The third kappa shape index (κ3) is 8.80. The number of nitrogens with one attached hydrogen (secondary N) is 2. The van der Waals surface area contributed by atoms with Crippen LogP contribution in [0.4, 0.5) is 10.5 Å². The Hall–Kier alpha value is -2.99. The van der Waals surface area contributed by atoms with Crippen LogP contribution in [0.25, 0.3) is 0 Å². The summed E-state index contributed by atoms with van der Waals surface area (Å²) >= 11 is 0. The largest absolute Gasteiger partial charge is 0.444 e. The lowest BCUT2D eigenvalue weighted by molar-refractivity contribution is -0.114. The Balaban J connectivity index is 1.83. The Morgan fingerprint density at radius 2 is 1.87 bits per heavy atom. The quantitative estimate of drug-likeness (QED) is 0.372. The van der Waals surface area contributed by atoms with Crippen molar-refractivity contribution in [3.05, 3.63) is 60.2 Å². The lowest BCUT2D eigenvalue weighted by Gasteiger charge is -2.31. The number of rotatable bonds is 12. The van der Waals surface area contributed by atoms with Gasteiger partial charge in [-0.1, -0.05) is 50.2 Å². The van der Waals surface area contributed by atoms with Gasteiger partial charge in [0.25, 0.3) is 0 Å². The third-order valence-corrected chi connectivity index (χ3v) is 7.81. The number of alkyl carbamates (subject to hydrolysis) is 1. The molecule has 0 aromatic heterocycles. The Morgan fingerprint density at radius 3 is 2.50 bits per heavy atom. The molecule has 3 N–H and O–H groups in total. The minimum absolute atomic E-state index is 0.00943. The van der Waals surface area contributed by atoms with Crippen LogP contribution >= 0.6 is 0 Å². The maximum absolute atomic E-state index is 13.7. The summed E-state index contributed by atoms with van der Waals surface area (Å²) in [5.41, 5.74) is 1.22. The van der Waals surface area contributed by atoms with Gasteiger partial charge in [-0.2, -0.15) is 4.31 Å². The van der Waals surface area contributed by atoms with Crippen LogP contribution in [0.2, 0.25) is 0 Å². The van der Waals surface area contributed by atoms with E-state index in [0.717, 1.165) is 5.56 Å². The molecule has 1 fully saturated rings. The van der Waals surface area contributed by atoms with Gasteiger partial charge < -0.3 is 25.2 Å². The molecule has 10 nitrogen and oxygen atoms in total. The number of hydrogen-bond acceptors (Lipinski definition) is 7. The number of carbonyl (C=O) groups excluding carboxylic acids is 2. The highest BCUT2D eigenvalue weighted by Gasteiger charge is 2.32. The molecule has 0 spiro atoms. The fourth-order valence-corrected chi connectivity index (χ4v) is 5.86. The summed E-state index contributed by atoms with van der Waals surface area (Å²) in [6.07, 6.45) is -1.43. The highest BCUT2D eigenvalue weighted by Crippen LogP contribution is 2.22. The normalized spacial score (nSPS) is 17.3. The van der Waals surface area contributed by atoms with E-state index in [4.69, 9.17) is 9.47 Å². The molecule has 1 saturated heterocycles. The van der Waals surface area contributed by atoms with Crippen molar-refractivity contribution in [1.29, 1.82) is 0 Å². The number of nitrogens with zero attached hydrogens (tertiary/aromatic N) is 1. The molecule has 1 aliphatic rings. The molecular formula is C27H37N3O7S. The van der Waals surface area contributed by atoms with Crippen molar-refractivity contribution in [3.8, 4) is 0 Å². The molecule has 1 heterocycles. The van der Waals surface area contributed by atoms with E-state index in [1.165, 1.54) is 23.4 Å². The minimum Gasteiger partial charge on any atom is -0.444 e. The van der Waals surface area contributed by atoms with Crippen molar-refractivity contribution in [2.24, 2.45) is 5.92 Å². The van der Waals surface area contributed by atoms with Crippen LogP contribution in [-0.2, 0) is 30.7 Å². The van der Waals surface area contributed by atoms with Crippen molar-refractivity contribution in [3.63, 3.8) is 0 Å². The molecule has 0 aliphatic carbocycles. The standard InChI is InChI=1S/C27H37N3O7S/c1-19(2)16-30(38(34,35)24-11-7-10-22(15-24)28-20(3)31)17-26(32)25(14-21-8-5-4-6-9-21)29-27(33)37-23-12-13-36-18-23/h4-11,15,19,23,25-26,32H,12-14,16-18H2,1-3H3,(H,28,31)(H,29,33)/t23?,25-,26+/m0/s1. The summed E-state index contributed by atoms with van der Waals surface area (Å²) in [7, 11) is -4.04. The Morgan fingerprint density at radius 1 is 1.13 bits per heavy atom. The van der Waals surface area contributed by atoms with Crippen LogP contribution in [0.5, 0.6) is 0 Å². The number of aliphatic hydroxyl groups excluding tert-OH is 1. The molecule has 11 heteroatoms. The maximum atomic E-state index is 13.7. The molecule has 3 rings (SSSR count). The number of anilines is 1. The van der Waals surface area contributed by atoms with Gasteiger partial charge in [-0.3, -0.25) is 4.79 Å². The summed E-state index contributed by atoms with van der Waals surface area (Å²) < 4.78 is 39.2. The molecule has 0 radical (unpaired) electrons. The lowest BCUT2D eigenvalue weighted by Crippen LogP contribution is -2.51. The zero-order valence-electron chi connectivity index (χ0n) is 22.0. The molecular weight excluding hydrogens is 510 g/mol. The smallest absolute Gasteiger partial charge is 0.407 e. The first kappa shape index (κ1) is 29.6. The second-order valence-electron chi connectivity index (χ2n) is 9.82. The Bertz CT molecular complexity index is 1170. The summed E-state index contributed by atoms with van der Waals surface area (Å²) in [5.74, 6) is -0.358. The van der Waals surface area contributed by atoms with Crippen LogP contribution < -0.4 is 10.6 Å². The Labute approximate surface area is 224 Å². The minimum atomic E-state index is -4.04. The van der Waals surface area contributed by atoms with Crippen LogP contribution in [0.3, 0.4) is 0 Å². The van der Waals surface area contributed by atoms with Gasteiger partial charge in [-0.25, -0.2) is 13.2 Å². The maximum Gasteiger partial charge on any atom is 0.407 e. The summed E-state index contributed by atoms with van der Waals surface area (Å²) in [6.45, 7) is 5.82. The average Bonchev–Trinajstić information content (AvgIpc) is 3.36. The highest BCUT2D eigenvalue weighted by molar-refractivity contribution is 7.89. The first-order valence-corrected chi connectivity index (χ1v) is 14.1. The molecule has 3 atom stereocenters.